The van der Waals surface area contributed by atoms with Gasteiger partial charge in [0.25, 0.3) is 0 Å². The molecule has 110 valence electrons. The van der Waals surface area contributed by atoms with E-state index in [1.54, 1.807) is 18.2 Å². The lowest BCUT2D eigenvalue weighted by Gasteiger charge is -2.09. The molecule has 0 heterocycles. The molecule has 0 atom stereocenters. The van der Waals surface area contributed by atoms with Crippen LogP contribution in [0.2, 0.25) is 5.02 Å². The van der Waals surface area contributed by atoms with Crippen molar-refractivity contribution in [1.29, 1.82) is 0 Å². The Morgan fingerprint density at radius 2 is 1.95 bits per heavy atom. The summed E-state index contributed by atoms with van der Waals surface area (Å²) in [4.78, 5) is 12.0. The van der Waals surface area contributed by atoms with Crippen LogP contribution >= 0.6 is 23.4 Å². The summed E-state index contributed by atoms with van der Waals surface area (Å²) in [7, 11) is 0. The molecule has 0 aliphatic rings. The molecule has 0 unspecified atom stereocenters. The second-order valence-electron chi connectivity index (χ2n) is 4.10. The molecule has 0 aliphatic heterocycles. The third-order valence-corrected chi connectivity index (χ3v) is 3.81. The fraction of sp³-hybridized carbons (Fsp3) is 0.133. The molecule has 3 nitrogen and oxygen atoms in total. The summed E-state index contributed by atoms with van der Waals surface area (Å²) in [6, 6.07) is 10.6. The van der Waals surface area contributed by atoms with Crippen LogP contribution in [0.1, 0.15) is 10.4 Å². The Morgan fingerprint density at radius 3 is 2.62 bits per heavy atom. The number of carbonyl (C=O) groups is 1. The molecular formula is C15H12ClFO3S. The third-order valence-electron chi connectivity index (χ3n) is 2.60. The summed E-state index contributed by atoms with van der Waals surface area (Å²) < 4.78 is 18.2. The monoisotopic (exact) mass is 326 g/mol. The van der Waals surface area contributed by atoms with Crippen LogP contribution in [-0.4, -0.2) is 23.4 Å². The van der Waals surface area contributed by atoms with Crippen LogP contribution in [0.25, 0.3) is 0 Å². The molecule has 2 aromatic carbocycles. The number of carboxylic acids is 1. The van der Waals surface area contributed by atoms with Crippen LogP contribution in [0.3, 0.4) is 0 Å². The zero-order valence-corrected chi connectivity index (χ0v) is 12.5. The largest absolute Gasteiger partial charge is 0.492 e. The predicted molar refractivity (Wildman–Crippen MR) is 81.0 cm³/mol. The van der Waals surface area contributed by atoms with Gasteiger partial charge in [-0.05, 0) is 42.5 Å². The Balaban J connectivity index is 1.89. The first kappa shape index (κ1) is 15.7. The van der Waals surface area contributed by atoms with Gasteiger partial charge in [-0.2, -0.15) is 0 Å². The molecular weight excluding hydrogens is 315 g/mol. The lowest BCUT2D eigenvalue weighted by atomic mass is 10.2. The average Bonchev–Trinajstić information content (AvgIpc) is 2.46. The number of ether oxygens (including phenoxy) is 1. The normalized spacial score (nSPS) is 10.4. The topological polar surface area (TPSA) is 46.5 Å². The summed E-state index contributed by atoms with van der Waals surface area (Å²) in [5.41, 5.74) is 0.0364. The van der Waals surface area contributed by atoms with E-state index in [9.17, 15) is 9.18 Å². The highest BCUT2D eigenvalue weighted by molar-refractivity contribution is 7.99. The summed E-state index contributed by atoms with van der Waals surface area (Å²) in [5, 5.41) is 9.42. The standard InChI is InChI=1S/C15H12ClFO3S/c16-10-1-6-14(13(9-10)15(18)19)20-7-8-21-12-4-2-11(17)3-5-12/h1-6,9H,7-8H2,(H,18,19). The van der Waals surface area contributed by atoms with E-state index in [0.29, 0.717) is 17.4 Å². The van der Waals surface area contributed by atoms with Gasteiger partial charge in [-0.15, -0.1) is 11.8 Å². The van der Waals surface area contributed by atoms with Crippen molar-refractivity contribution in [2.45, 2.75) is 4.90 Å². The lowest BCUT2D eigenvalue weighted by molar-refractivity contribution is 0.0692. The molecule has 0 fully saturated rings. The van der Waals surface area contributed by atoms with E-state index in [0.717, 1.165) is 4.90 Å². The Hall–Kier alpha value is -1.72. The van der Waals surface area contributed by atoms with Crippen molar-refractivity contribution in [3.8, 4) is 5.75 Å². The van der Waals surface area contributed by atoms with E-state index in [2.05, 4.69) is 0 Å². The minimum absolute atomic E-state index is 0.0364. The van der Waals surface area contributed by atoms with Crippen LogP contribution in [0.4, 0.5) is 4.39 Å². The Bertz CT molecular complexity index is 631. The summed E-state index contributed by atoms with van der Waals surface area (Å²) >= 11 is 7.26. The Morgan fingerprint density at radius 1 is 1.24 bits per heavy atom. The van der Waals surface area contributed by atoms with Gasteiger partial charge in [-0.3, -0.25) is 0 Å². The minimum Gasteiger partial charge on any atom is -0.492 e. The van der Waals surface area contributed by atoms with Crippen molar-refractivity contribution in [3.05, 3.63) is 58.9 Å². The quantitative estimate of drug-likeness (QED) is 0.633. The highest BCUT2D eigenvalue weighted by Crippen LogP contribution is 2.24. The van der Waals surface area contributed by atoms with Crippen LogP contribution in [0.15, 0.2) is 47.4 Å². The average molecular weight is 327 g/mol. The van der Waals surface area contributed by atoms with Crippen molar-refractivity contribution in [1.82, 2.24) is 0 Å². The SMILES string of the molecule is O=C(O)c1cc(Cl)ccc1OCCSc1ccc(F)cc1. The van der Waals surface area contributed by atoms with Gasteiger partial charge in [0.15, 0.2) is 0 Å². The highest BCUT2D eigenvalue weighted by atomic mass is 35.5. The first-order valence-electron chi connectivity index (χ1n) is 6.10. The van der Waals surface area contributed by atoms with E-state index in [1.165, 1.54) is 36.0 Å². The predicted octanol–water partition coefficient (Wildman–Crippen LogP) is 4.35. The van der Waals surface area contributed by atoms with Gasteiger partial charge in [0.1, 0.15) is 17.1 Å². The van der Waals surface area contributed by atoms with E-state index in [-0.39, 0.29) is 17.1 Å². The molecule has 0 aliphatic carbocycles. The second-order valence-corrected chi connectivity index (χ2v) is 5.70. The second kappa shape index (κ2) is 7.33. The summed E-state index contributed by atoms with van der Waals surface area (Å²) in [6.45, 7) is 0.337. The Labute approximate surface area is 130 Å². The molecule has 0 saturated carbocycles. The third kappa shape index (κ3) is 4.65. The van der Waals surface area contributed by atoms with Crippen LogP contribution < -0.4 is 4.74 Å². The van der Waals surface area contributed by atoms with Crippen molar-refractivity contribution < 1.29 is 19.0 Å². The first-order valence-corrected chi connectivity index (χ1v) is 7.46. The van der Waals surface area contributed by atoms with Gasteiger partial charge in [-0.25, -0.2) is 9.18 Å². The summed E-state index contributed by atoms with van der Waals surface area (Å²) in [6.07, 6.45) is 0. The van der Waals surface area contributed by atoms with E-state index < -0.39 is 5.97 Å². The molecule has 0 saturated heterocycles. The molecule has 0 radical (unpaired) electrons. The minimum atomic E-state index is -1.08. The van der Waals surface area contributed by atoms with Gasteiger partial charge in [0, 0.05) is 15.7 Å². The molecule has 0 aromatic heterocycles. The zero-order valence-electron chi connectivity index (χ0n) is 10.9. The number of benzene rings is 2. The van der Waals surface area contributed by atoms with E-state index >= 15 is 0 Å². The number of aromatic carboxylic acids is 1. The first-order chi connectivity index (χ1) is 10.1. The van der Waals surface area contributed by atoms with Crippen molar-refractivity contribution in [2.24, 2.45) is 0 Å². The number of hydrogen-bond donors (Lipinski definition) is 1. The highest BCUT2D eigenvalue weighted by Gasteiger charge is 2.11. The van der Waals surface area contributed by atoms with Gasteiger partial charge >= 0.3 is 5.97 Å². The molecule has 0 bridgehead atoms. The van der Waals surface area contributed by atoms with Crippen molar-refractivity contribution in [2.75, 3.05) is 12.4 Å². The molecule has 2 rings (SSSR count). The van der Waals surface area contributed by atoms with Crippen molar-refractivity contribution >= 4 is 29.3 Å². The number of halogens is 2. The lowest BCUT2D eigenvalue weighted by Crippen LogP contribution is -2.06. The number of rotatable bonds is 6. The number of carboxylic acid groups (broad SMARTS) is 1. The maximum absolute atomic E-state index is 12.7. The van der Waals surface area contributed by atoms with Gasteiger partial charge in [0.05, 0.1) is 6.61 Å². The molecule has 0 spiro atoms. The maximum Gasteiger partial charge on any atom is 0.339 e. The molecule has 21 heavy (non-hydrogen) atoms. The molecule has 0 amide bonds. The molecule has 1 N–H and O–H groups in total. The maximum atomic E-state index is 12.7. The van der Waals surface area contributed by atoms with Gasteiger partial charge < -0.3 is 9.84 Å². The molecule has 2 aromatic rings. The molecule has 6 heteroatoms. The van der Waals surface area contributed by atoms with Crippen LogP contribution in [-0.2, 0) is 0 Å². The van der Waals surface area contributed by atoms with Gasteiger partial charge in [-0.1, -0.05) is 11.6 Å². The number of hydrogen-bond acceptors (Lipinski definition) is 3. The zero-order chi connectivity index (χ0) is 15.2. The smallest absolute Gasteiger partial charge is 0.339 e. The summed E-state index contributed by atoms with van der Waals surface area (Å²) in [5.74, 6) is -0.457. The van der Waals surface area contributed by atoms with E-state index in [4.69, 9.17) is 21.4 Å². The fourth-order valence-electron chi connectivity index (χ4n) is 1.64. The van der Waals surface area contributed by atoms with Crippen molar-refractivity contribution in [3.63, 3.8) is 0 Å². The fourth-order valence-corrected chi connectivity index (χ4v) is 2.54. The van der Waals surface area contributed by atoms with Crippen LogP contribution in [0.5, 0.6) is 5.75 Å². The number of thioether (sulfide) groups is 1. The van der Waals surface area contributed by atoms with Gasteiger partial charge in [0.2, 0.25) is 0 Å². The Kier molecular flexibility index (Phi) is 5.47. The van der Waals surface area contributed by atoms with Crippen LogP contribution in [0, 0.1) is 5.82 Å². The van der Waals surface area contributed by atoms with E-state index in [1.807, 2.05) is 0 Å².